The monoisotopic (exact) mass is 406 g/mol. The number of methoxy groups -OCH3 is 2. The number of fused-ring (bicyclic) bond motifs is 1. The van der Waals surface area contributed by atoms with E-state index in [-0.39, 0.29) is 5.91 Å². The third-order valence-corrected chi connectivity index (χ3v) is 5.94. The molecular formula is C23H26N4O3. The second kappa shape index (κ2) is 7.63. The number of hydrogen-bond acceptors (Lipinski definition) is 5. The normalized spacial score (nSPS) is 15.9. The van der Waals surface area contributed by atoms with Crippen molar-refractivity contribution in [2.24, 2.45) is 5.92 Å². The van der Waals surface area contributed by atoms with Crippen LogP contribution in [0.4, 0.5) is 0 Å². The third-order valence-electron chi connectivity index (χ3n) is 5.94. The highest BCUT2D eigenvalue weighted by atomic mass is 16.5. The van der Waals surface area contributed by atoms with Gasteiger partial charge >= 0.3 is 0 Å². The van der Waals surface area contributed by atoms with Gasteiger partial charge in [0.15, 0.2) is 5.65 Å². The largest absolute Gasteiger partial charge is 0.497 e. The Morgan fingerprint density at radius 1 is 1.13 bits per heavy atom. The number of aromatic nitrogens is 3. The van der Waals surface area contributed by atoms with Crippen molar-refractivity contribution in [2.45, 2.75) is 38.3 Å². The molecular weight excluding hydrogens is 380 g/mol. The fourth-order valence-electron chi connectivity index (χ4n) is 3.88. The summed E-state index contributed by atoms with van der Waals surface area (Å²) in [5, 5.41) is 5.37. The van der Waals surface area contributed by atoms with E-state index in [9.17, 15) is 4.79 Å². The molecule has 1 aromatic carbocycles. The number of ether oxygens (including phenoxy) is 2. The van der Waals surface area contributed by atoms with E-state index in [1.807, 2.05) is 28.9 Å². The van der Waals surface area contributed by atoms with Gasteiger partial charge in [0.05, 0.1) is 32.5 Å². The van der Waals surface area contributed by atoms with E-state index < -0.39 is 0 Å². The van der Waals surface area contributed by atoms with E-state index in [0.717, 1.165) is 47.5 Å². The minimum atomic E-state index is 0.100. The van der Waals surface area contributed by atoms with Crippen LogP contribution in [-0.4, -0.2) is 52.4 Å². The lowest BCUT2D eigenvalue weighted by Gasteiger charge is -2.22. The summed E-state index contributed by atoms with van der Waals surface area (Å²) in [4.78, 5) is 19.8. The Morgan fingerprint density at radius 2 is 1.97 bits per heavy atom. The van der Waals surface area contributed by atoms with Crippen LogP contribution in [0.1, 0.15) is 41.6 Å². The van der Waals surface area contributed by atoms with Gasteiger partial charge in [-0.3, -0.25) is 4.79 Å². The predicted octanol–water partition coefficient (Wildman–Crippen LogP) is 3.51. The zero-order valence-electron chi connectivity index (χ0n) is 17.4. The Hall–Kier alpha value is -3.09. The number of benzene rings is 1. The van der Waals surface area contributed by atoms with Crippen molar-refractivity contribution < 1.29 is 14.3 Å². The number of pyridine rings is 1. The molecule has 2 aliphatic carbocycles. The van der Waals surface area contributed by atoms with E-state index in [0.29, 0.717) is 24.1 Å². The van der Waals surface area contributed by atoms with Gasteiger partial charge in [-0.05, 0) is 49.8 Å². The Morgan fingerprint density at radius 3 is 2.67 bits per heavy atom. The van der Waals surface area contributed by atoms with Gasteiger partial charge in [-0.25, -0.2) is 9.67 Å². The first-order valence-electron chi connectivity index (χ1n) is 10.5. The predicted molar refractivity (Wildman–Crippen MR) is 113 cm³/mol. The van der Waals surface area contributed by atoms with Crippen LogP contribution in [0.5, 0.6) is 11.5 Å². The van der Waals surface area contributed by atoms with E-state index >= 15 is 0 Å². The molecule has 0 bridgehead atoms. The zero-order valence-corrected chi connectivity index (χ0v) is 17.4. The number of hydrogen-bond donors (Lipinski definition) is 0. The van der Waals surface area contributed by atoms with Crippen LogP contribution < -0.4 is 9.47 Å². The van der Waals surface area contributed by atoms with Crippen LogP contribution in [0, 0.1) is 5.92 Å². The highest BCUT2D eigenvalue weighted by Gasteiger charge is 2.37. The van der Waals surface area contributed by atoms with Crippen LogP contribution in [0.2, 0.25) is 0 Å². The summed E-state index contributed by atoms with van der Waals surface area (Å²) in [6.07, 6.45) is 8.20. The Labute approximate surface area is 175 Å². The molecule has 3 aromatic rings. The molecule has 7 heteroatoms. The summed E-state index contributed by atoms with van der Waals surface area (Å²) in [5.74, 6) is 2.27. The van der Waals surface area contributed by atoms with Crippen molar-refractivity contribution >= 4 is 16.9 Å². The number of amides is 1. The summed E-state index contributed by atoms with van der Waals surface area (Å²) in [6, 6.07) is 8.06. The molecule has 0 aliphatic heterocycles. The molecule has 0 N–H and O–H groups in total. The molecule has 0 radical (unpaired) electrons. The van der Waals surface area contributed by atoms with E-state index in [1.54, 1.807) is 26.6 Å². The van der Waals surface area contributed by atoms with Crippen LogP contribution in [-0.2, 0) is 6.54 Å². The molecule has 1 amide bonds. The second-order valence-corrected chi connectivity index (χ2v) is 8.25. The molecule has 0 unspecified atom stereocenters. The molecule has 5 rings (SSSR count). The summed E-state index contributed by atoms with van der Waals surface area (Å²) in [7, 11) is 3.27. The van der Waals surface area contributed by atoms with Crippen molar-refractivity contribution in [3.05, 3.63) is 47.8 Å². The minimum Gasteiger partial charge on any atom is -0.497 e. The molecule has 2 aromatic heterocycles. The van der Waals surface area contributed by atoms with Crippen molar-refractivity contribution in [1.29, 1.82) is 0 Å². The van der Waals surface area contributed by atoms with Gasteiger partial charge in [-0.15, -0.1) is 0 Å². The van der Waals surface area contributed by atoms with Crippen LogP contribution in [0.25, 0.3) is 11.0 Å². The topological polar surface area (TPSA) is 69.5 Å². The third kappa shape index (κ3) is 3.72. The fraction of sp³-hybridized carbons (Fsp3) is 0.435. The molecule has 2 fully saturated rings. The molecule has 2 saturated carbocycles. The molecule has 156 valence electrons. The Kier molecular flexibility index (Phi) is 4.81. The lowest BCUT2D eigenvalue weighted by molar-refractivity contribution is 0.0734. The zero-order chi connectivity index (χ0) is 20.7. The lowest BCUT2D eigenvalue weighted by atomic mass is 10.2. The first-order chi connectivity index (χ1) is 14.7. The number of carbonyl (C=O) groups excluding carboxylic acids is 1. The van der Waals surface area contributed by atoms with Crippen molar-refractivity contribution in [2.75, 3.05) is 20.8 Å². The number of carbonyl (C=O) groups is 1. The summed E-state index contributed by atoms with van der Waals surface area (Å²) >= 11 is 0. The van der Waals surface area contributed by atoms with Crippen LogP contribution >= 0.6 is 0 Å². The van der Waals surface area contributed by atoms with Crippen molar-refractivity contribution in [3.8, 4) is 11.5 Å². The van der Waals surface area contributed by atoms with Gasteiger partial charge in [0.25, 0.3) is 5.91 Å². The minimum absolute atomic E-state index is 0.100. The first kappa shape index (κ1) is 18.9. The molecule has 30 heavy (non-hydrogen) atoms. The van der Waals surface area contributed by atoms with Crippen LogP contribution in [0.15, 0.2) is 36.7 Å². The Bertz CT molecular complexity index is 1090. The summed E-state index contributed by atoms with van der Waals surface area (Å²) < 4.78 is 12.6. The second-order valence-electron chi connectivity index (χ2n) is 8.25. The number of rotatable bonds is 8. The SMILES string of the molecule is COc1ccc(Cn2ncc3cc(C(=O)N(CC4CC4)C4CC4)cnc32)c(OC)c1. The van der Waals surface area contributed by atoms with Gasteiger partial charge < -0.3 is 14.4 Å². The van der Waals surface area contributed by atoms with Gasteiger partial charge in [0.2, 0.25) is 0 Å². The van der Waals surface area contributed by atoms with Crippen molar-refractivity contribution in [3.63, 3.8) is 0 Å². The van der Waals surface area contributed by atoms with Gasteiger partial charge in [0, 0.05) is 35.8 Å². The number of nitrogens with zero attached hydrogens (tertiary/aromatic N) is 4. The standard InChI is InChI=1S/C23H26N4O3/c1-29-20-8-5-16(21(10-20)30-2)14-27-22-17(12-25-27)9-18(11-24-22)23(28)26(19-6-7-19)13-15-3-4-15/h5,8-12,15,19H,3-4,6-7,13-14H2,1-2H3. The highest BCUT2D eigenvalue weighted by molar-refractivity contribution is 5.97. The maximum atomic E-state index is 13.1. The fourth-order valence-corrected chi connectivity index (χ4v) is 3.88. The molecule has 7 nitrogen and oxygen atoms in total. The maximum absolute atomic E-state index is 13.1. The van der Waals surface area contributed by atoms with Crippen molar-refractivity contribution in [1.82, 2.24) is 19.7 Å². The van der Waals surface area contributed by atoms with Gasteiger partial charge in [-0.1, -0.05) is 0 Å². The van der Waals surface area contributed by atoms with E-state index in [2.05, 4.69) is 15.0 Å². The quantitative estimate of drug-likeness (QED) is 0.573. The molecule has 2 heterocycles. The smallest absolute Gasteiger partial charge is 0.255 e. The van der Waals surface area contributed by atoms with E-state index in [1.165, 1.54) is 12.8 Å². The van der Waals surface area contributed by atoms with Crippen LogP contribution in [0.3, 0.4) is 0 Å². The Balaban J connectivity index is 1.39. The molecule has 2 aliphatic rings. The average Bonchev–Trinajstić information content (AvgIpc) is 3.70. The lowest BCUT2D eigenvalue weighted by Crippen LogP contribution is -2.35. The van der Waals surface area contributed by atoms with Gasteiger partial charge in [-0.2, -0.15) is 5.10 Å². The van der Waals surface area contributed by atoms with E-state index in [4.69, 9.17) is 9.47 Å². The first-order valence-corrected chi connectivity index (χ1v) is 10.5. The molecule has 0 atom stereocenters. The molecule has 0 saturated heterocycles. The summed E-state index contributed by atoms with van der Waals surface area (Å²) in [5.41, 5.74) is 2.39. The highest BCUT2D eigenvalue weighted by Crippen LogP contribution is 2.35. The average molecular weight is 406 g/mol. The molecule has 0 spiro atoms. The van der Waals surface area contributed by atoms with Gasteiger partial charge in [0.1, 0.15) is 11.5 Å². The summed E-state index contributed by atoms with van der Waals surface area (Å²) in [6.45, 7) is 1.41. The maximum Gasteiger partial charge on any atom is 0.255 e.